The molecule has 0 N–H and O–H groups in total. The number of hydrogen-bond donors (Lipinski definition) is 0. The molecule has 0 radical (unpaired) electrons. The minimum absolute atomic E-state index is 0.757. The number of hydrogen-bond acceptors (Lipinski definition) is 1. The van der Waals surface area contributed by atoms with E-state index in [-0.39, 0.29) is 0 Å². The maximum atomic E-state index is 4.93. The van der Waals surface area contributed by atoms with Crippen LogP contribution in [-0.4, -0.2) is 4.98 Å². The summed E-state index contributed by atoms with van der Waals surface area (Å²) in [5.41, 5.74) is 4.10. The molecule has 118 valence electrons. The molecule has 0 saturated heterocycles. The number of aromatic nitrogens is 1. The van der Waals surface area contributed by atoms with Gasteiger partial charge in [0, 0.05) is 11.1 Å². The average molecular weight is 295 g/mol. The molecule has 1 heterocycles. The fourth-order valence-electron chi connectivity index (χ4n) is 3.87. The van der Waals surface area contributed by atoms with Gasteiger partial charge in [-0.05, 0) is 49.3 Å². The summed E-state index contributed by atoms with van der Waals surface area (Å²) in [6, 6.07) is 11.0. The number of para-hydroxylation sites is 1. The van der Waals surface area contributed by atoms with Crippen molar-refractivity contribution >= 4 is 10.9 Å². The summed E-state index contributed by atoms with van der Waals surface area (Å²) in [6.07, 6.45) is 13.6. The van der Waals surface area contributed by atoms with Crippen molar-refractivity contribution in [3.8, 4) is 0 Å². The molecule has 1 aliphatic rings. The van der Waals surface area contributed by atoms with Crippen LogP contribution in [0, 0.1) is 0 Å². The molecule has 1 nitrogen and oxygen atoms in total. The van der Waals surface area contributed by atoms with Gasteiger partial charge in [0.15, 0.2) is 0 Å². The standard InChI is InChI=1S/C21H29N/c1-2-3-4-5-6-7-11-17-13-10-15-21-19(17)16-18-12-8-9-14-20(18)22-21/h8-9,12,14,16-17H,2-7,10-11,13,15H2,1H3. The number of pyridine rings is 1. The molecular formula is C21H29N. The first-order chi connectivity index (χ1) is 10.9. The molecule has 0 saturated carbocycles. The minimum atomic E-state index is 0.757. The van der Waals surface area contributed by atoms with Gasteiger partial charge in [-0.15, -0.1) is 0 Å². The fraction of sp³-hybridized carbons (Fsp3) is 0.571. The Kier molecular flexibility index (Phi) is 5.48. The van der Waals surface area contributed by atoms with Crippen LogP contribution in [0.1, 0.15) is 81.9 Å². The predicted molar refractivity (Wildman–Crippen MR) is 95.4 cm³/mol. The maximum Gasteiger partial charge on any atom is 0.0705 e. The van der Waals surface area contributed by atoms with Crippen LogP contribution in [-0.2, 0) is 6.42 Å². The number of rotatable bonds is 7. The normalized spacial score (nSPS) is 17.6. The summed E-state index contributed by atoms with van der Waals surface area (Å²) in [6.45, 7) is 2.29. The second-order valence-electron chi connectivity index (χ2n) is 6.86. The Morgan fingerprint density at radius 1 is 1.05 bits per heavy atom. The van der Waals surface area contributed by atoms with E-state index in [1.807, 2.05) is 0 Å². The molecule has 1 unspecified atom stereocenters. The van der Waals surface area contributed by atoms with E-state index in [9.17, 15) is 0 Å². The Labute approximate surface area is 135 Å². The van der Waals surface area contributed by atoms with Gasteiger partial charge in [0.25, 0.3) is 0 Å². The number of benzene rings is 1. The van der Waals surface area contributed by atoms with Crippen molar-refractivity contribution in [2.24, 2.45) is 0 Å². The van der Waals surface area contributed by atoms with E-state index in [0.717, 1.165) is 5.92 Å². The van der Waals surface area contributed by atoms with Crippen molar-refractivity contribution in [1.29, 1.82) is 0 Å². The SMILES string of the molecule is CCCCCCCCC1CCCc2nc3ccccc3cc21. The number of nitrogens with zero attached hydrogens (tertiary/aromatic N) is 1. The Morgan fingerprint density at radius 3 is 2.77 bits per heavy atom. The first-order valence-corrected chi connectivity index (χ1v) is 9.27. The number of aryl methyl sites for hydroxylation is 1. The highest BCUT2D eigenvalue weighted by Crippen LogP contribution is 2.36. The van der Waals surface area contributed by atoms with E-state index < -0.39 is 0 Å². The zero-order chi connectivity index (χ0) is 15.2. The van der Waals surface area contributed by atoms with Crippen LogP contribution in [0.25, 0.3) is 10.9 Å². The lowest BCUT2D eigenvalue weighted by molar-refractivity contribution is 0.480. The fourth-order valence-corrected chi connectivity index (χ4v) is 3.87. The smallest absolute Gasteiger partial charge is 0.0705 e. The Morgan fingerprint density at radius 2 is 1.86 bits per heavy atom. The molecule has 0 amide bonds. The van der Waals surface area contributed by atoms with Gasteiger partial charge in [-0.3, -0.25) is 4.98 Å². The van der Waals surface area contributed by atoms with E-state index in [2.05, 4.69) is 37.3 Å². The quantitative estimate of drug-likeness (QED) is 0.538. The first kappa shape index (κ1) is 15.5. The molecule has 1 aromatic carbocycles. The van der Waals surface area contributed by atoms with Crippen LogP contribution >= 0.6 is 0 Å². The van der Waals surface area contributed by atoms with E-state index in [1.165, 1.54) is 80.8 Å². The highest BCUT2D eigenvalue weighted by atomic mass is 14.7. The molecule has 0 aliphatic heterocycles. The molecule has 0 bridgehead atoms. The third-order valence-corrected chi connectivity index (χ3v) is 5.15. The van der Waals surface area contributed by atoms with Crippen LogP contribution in [0.5, 0.6) is 0 Å². The van der Waals surface area contributed by atoms with Crippen molar-refractivity contribution in [1.82, 2.24) is 4.98 Å². The lowest BCUT2D eigenvalue weighted by Gasteiger charge is -2.25. The lowest BCUT2D eigenvalue weighted by Crippen LogP contribution is -2.11. The summed E-state index contributed by atoms with van der Waals surface area (Å²) >= 11 is 0. The third kappa shape index (κ3) is 3.69. The number of fused-ring (bicyclic) bond motifs is 2. The molecule has 1 aliphatic carbocycles. The summed E-state index contributed by atoms with van der Waals surface area (Å²) in [5.74, 6) is 0.757. The number of unbranched alkanes of at least 4 members (excludes halogenated alkanes) is 5. The topological polar surface area (TPSA) is 12.9 Å². The second kappa shape index (κ2) is 7.76. The third-order valence-electron chi connectivity index (χ3n) is 5.15. The Bertz CT molecular complexity index is 602. The summed E-state index contributed by atoms with van der Waals surface area (Å²) in [4.78, 5) is 4.93. The van der Waals surface area contributed by atoms with Crippen LogP contribution in [0.2, 0.25) is 0 Å². The molecule has 1 aromatic heterocycles. The van der Waals surface area contributed by atoms with Crippen molar-refractivity contribution in [3.63, 3.8) is 0 Å². The maximum absolute atomic E-state index is 4.93. The molecule has 2 aromatic rings. The van der Waals surface area contributed by atoms with Gasteiger partial charge in [-0.1, -0.05) is 63.6 Å². The van der Waals surface area contributed by atoms with Crippen LogP contribution in [0.4, 0.5) is 0 Å². The average Bonchev–Trinajstić information content (AvgIpc) is 2.56. The summed E-state index contributed by atoms with van der Waals surface area (Å²) in [7, 11) is 0. The largest absolute Gasteiger partial charge is 0.253 e. The van der Waals surface area contributed by atoms with Crippen molar-refractivity contribution < 1.29 is 0 Å². The Hall–Kier alpha value is -1.37. The van der Waals surface area contributed by atoms with Crippen LogP contribution in [0.3, 0.4) is 0 Å². The molecule has 1 atom stereocenters. The van der Waals surface area contributed by atoms with Gasteiger partial charge in [0.2, 0.25) is 0 Å². The summed E-state index contributed by atoms with van der Waals surface area (Å²) in [5, 5.41) is 1.32. The molecule has 0 spiro atoms. The molecule has 3 rings (SSSR count). The van der Waals surface area contributed by atoms with Gasteiger partial charge in [0.1, 0.15) is 0 Å². The van der Waals surface area contributed by atoms with Gasteiger partial charge in [-0.25, -0.2) is 0 Å². The van der Waals surface area contributed by atoms with Gasteiger partial charge < -0.3 is 0 Å². The van der Waals surface area contributed by atoms with E-state index in [0.29, 0.717) is 0 Å². The highest BCUT2D eigenvalue weighted by Gasteiger charge is 2.21. The molecule has 0 fully saturated rings. The molecular weight excluding hydrogens is 266 g/mol. The van der Waals surface area contributed by atoms with Crippen molar-refractivity contribution in [2.45, 2.75) is 77.0 Å². The monoisotopic (exact) mass is 295 g/mol. The summed E-state index contributed by atoms with van der Waals surface area (Å²) < 4.78 is 0. The van der Waals surface area contributed by atoms with E-state index in [4.69, 9.17) is 4.98 Å². The zero-order valence-electron chi connectivity index (χ0n) is 14.0. The minimum Gasteiger partial charge on any atom is -0.253 e. The molecule has 1 heteroatoms. The van der Waals surface area contributed by atoms with Gasteiger partial charge >= 0.3 is 0 Å². The van der Waals surface area contributed by atoms with Crippen LogP contribution < -0.4 is 0 Å². The van der Waals surface area contributed by atoms with Crippen molar-refractivity contribution in [2.75, 3.05) is 0 Å². The van der Waals surface area contributed by atoms with Crippen LogP contribution in [0.15, 0.2) is 30.3 Å². The highest BCUT2D eigenvalue weighted by molar-refractivity contribution is 5.79. The zero-order valence-corrected chi connectivity index (χ0v) is 14.0. The lowest BCUT2D eigenvalue weighted by atomic mass is 9.82. The predicted octanol–water partition coefficient (Wildman–Crippen LogP) is 6.41. The van der Waals surface area contributed by atoms with E-state index >= 15 is 0 Å². The van der Waals surface area contributed by atoms with Crippen molar-refractivity contribution in [3.05, 3.63) is 41.6 Å². The van der Waals surface area contributed by atoms with Gasteiger partial charge in [0.05, 0.1) is 5.52 Å². The first-order valence-electron chi connectivity index (χ1n) is 9.27. The van der Waals surface area contributed by atoms with Gasteiger partial charge in [-0.2, -0.15) is 0 Å². The second-order valence-corrected chi connectivity index (χ2v) is 6.86. The Balaban J connectivity index is 1.64. The van der Waals surface area contributed by atoms with E-state index in [1.54, 1.807) is 5.56 Å². The molecule has 22 heavy (non-hydrogen) atoms.